The van der Waals surface area contributed by atoms with E-state index >= 15 is 0 Å². The molecule has 4 aliphatic rings. The standard InChI is InChI=1S/C36H28Br2N2O4/c37-25-15-23-29-24(36(44)40(35(23)43)18-9-5-2-6-10-18)16-26(38)31-20-12-14-22-28-21(13-11-19(27(20)28)30(25)32(29)31)33(41)39(34(22)42)17-7-3-1-4-8-17/h11-18H,1-10H2. The minimum atomic E-state index is -0.232. The molecule has 2 fully saturated rings. The second kappa shape index (κ2) is 9.57. The molecule has 4 amide bonds. The first kappa shape index (κ1) is 27.0. The van der Waals surface area contributed by atoms with Crippen LogP contribution in [0.4, 0.5) is 0 Å². The zero-order valence-electron chi connectivity index (χ0n) is 24.0. The summed E-state index contributed by atoms with van der Waals surface area (Å²) in [4.78, 5) is 59.2. The Labute approximate surface area is 270 Å². The number of amides is 4. The zero-order valence-corrected chi connectivity index (χ0v) is 27.1. The molecule has 6 nitrogen and oxygen atoms in total. The minimum absolute atomic E-state index is 0.0670. The van der Waals surface area contributed by atoms with Gasteiger partial charge in [0.2, 0.25) is 0 Å². The average Bonchev–Trinajstić information content (AvgIpc) is 3.03. The average molecular weight is 712 g/mol. The SMILES string of the molecule is O=C1c2ccc3c4c(Br)cc5c6c(cc(Br)c(c7ccc(c2c37)C(=O)N1C1CCCCC1)c64)C(=O)N(C1CCCCC1)C5=O. The predicted octanol–water partition coefficient (Wildman–Crippen LogP) is 9.12. The summed E-state index contributed by atoms with van der Waals surface area (Å²) >= 11 is 7.65. The van der Waals surface area contributed by atoms with E-state index in [1.165, 1.54) is 9.80 Å². The fraction of sp³-hybridized carbons (Fsp3) is 0.333. The van der Waals surface area contributed by atoms with Crippen molar-refractivity contribution in [2.75, 3.05) is 0 Å². The van der Waals surface area contributed by atoms with E-state index in [2.05, 4.69) is 31.9 Å². The van der Waals surface area contributed by atoms with Gasteiger partial charge in [0.25, 0.3) is 23.6 Å². The van der Waals surface area contributed by atoms with Crippen LogP contribution in [0.5, 0.6) is 0 Å². The predicted molar refractivity (Wildman–Crippen MR) is 178 cm³/mol. The highest BCUT2D eigenvalue weighted by Gasteiger charge is 2.41. The van der Waals surface area contributed by atoms with Crippen LogP contribution in [0.1, 0.15) is 106 Å². The summed E-state index contributed by atoms with van der Waals surface area (Å²) in [5, 5.41) is 6.59. The number of hydrogen-bond donors (Lipinski definition) is 0. The van der Waals surface area contributed by atoms with Gasteiger partial charge in [0.05, 0.1) is 0 Å². The van der Waals surface area contributed by atoms with Crippen molar-refractivity contribution in [3.05, 3.63) is 67.6 Å². The molecule has 2 aliphatic heterocycles. The molecule has 0 bridgehead atoms. The highest BCUT2D eigenvalue weighted by Crippen LogP contribution is 2.51. The van der Waals surface area contributed by atoms with E-state index in [0.29, 0.717) is 33.0 Å². The van der Waals surface area contributed by atoms with Gasteiger partial charge < -0.3 is 0 Å². The fourth-order valence-corrected chi connectivity index (χ4v) is 10.0. The van der Waals surface area contributed by atoms with E-state index in [1.807, 2.05) is 36.4 Å². The third kappa shape index (κ3) is 3.41. The Morgan fingerprint density at radius 1 is 0.455 bits per heavy atom. The number of benzene rings is 5. The van der Waals surface area contributed by atoms with Crippen molar-refractivity contribution in [2.24, 2.45) is 0 Å². The lowest BCUT2D eigenvalue weighted by Gasteiger charge is -2.37. The number of carbonyl (C=O) groups is 4. The Hall–Kier alpha value is -3.36. The van der Waals surface area contributed by atoms with Crippen LogP contribution in [0.3, 0.4) is 0 Å². The summed E-state index contributed by atoms with van der Waals surface area (Å²) in [6, 6.07) is 11.3. The maximum absolute atomic E-state index is 14.1. The second-order valence-electron chi connectivity index (χ2n) is 12.9. The van der Waals surface area contributed by atoms with E-state index in [4.69, 9.17) is 0 Å². The quantitative estimate of drug-likeness (QED) is 0.104. The third-order valence-electron chi connectivity index (χ3n) is 10.7. The molecule has 0 aromatic heterocycles. The van der Waals surface area contributed by atoms with Crippen molar-refractivity contribution >= 4 is 98.6 Å². The number of fused-ring (bicyclic) bond motifs is 2. The van der Waals surface area contributed by atoms with Crippen molar-refractivity contribution in [1.82, 2.24) is 9.80 Å². The maximum atomic E-state index is 14.1. The molecular formula is C36H28Br2N2O4. The third-order valence-corrected chi connectivity index (χ3v) is 11.9. The van der Waals surface area contributed by atoms with Gasteiger partial charge in [0.15, 0.2) is 0 Å². The van der Waals surface area contributed by atoms with Gasteiger partial charge in [0.1, 0.15) is 0 Å². The number of carbonyl (C=O) groups excluding carboxylic acids is 4. The molecule has 0 atom stereocenters. The first-order valence-electron chi connectivity index (χ1n) is 15.7. The molecule has 220 valence electrons. The van der Waals surface area contributed by atoms with Gasteiger partial charge in [-0.2, -0.15) is 0 Å². The van der Waals surface area contributed by atoms with E-state index in [9.17, 15) is 19.2 Å². The van der Waals surface area contributed by atoms with Crippen molar-refractivity contribution in [2.45, 2.75) is 76.3 Å². The van der Waals surface area contributed by atoms with Gasteiger partial charge in [-0.05, 0) is 66.1 Å². The second-order valence-corrected chi connectivity index (χ2v) is 14.6. The minimum Gasteiger partial charge on any atom is -0.271 e. The van der Waals surface area contributed by atoms with Crippen molar-refractivity contribution < 1.29 is 19.2 Å². The van der Waals surface area contributed by atoms with E-state index in [-0.39, 0.29) is 35.7 Å². The summed E-state index contributed by atoms with van der Waals surface area (Å²) in [7, 11) is 0. The summed E-state index contributed by atoms with van der Waals surface area (Å²) in [5.41, 5.74) is 2.18. The number of halogens is 2. The molecule has 5 aromatic rings. The van der Waals surface area contributed by atoms with Crippen LogP contribution in [0, 0.1) is 0 Å². The van der Waals surface area contributed by atoms with Gasteiger partial charge in [-0.25, -0.2) is 0 Å². The number of nitrogens with zero attached hydrogens (tertiary/aromatic N) is 2. The van der Waals surface area contributed by atoms with Crippen LogP contribution in [-0.4, -0.2) is 45.5 Å². The summed E-state index contributed by atoms with van der Waals surface area (Å²) in [5.74, 6) is -0.896. The van der Waals surface area contributed by atoms with Crippen LogP contribution in [-0.2, 0) is 0 Å². The van der Waals surface area contributed by atoms with Crippen LogP contribution in [0.2, 0.25) is 0 Å². The largest absolute Gasteiger partial charge is 0.271 e. The summed E-state index contributed by atoms with van der Waals surface area (Å²) in [6.45, 7) is 0. The van der Waals surface area contributed by atoms with Gasteiger partial charge >= 0.3 is 0 Å². The molecule has 2 heterocycles. The van der Waals surface area contributed by atoms with Gasteiger partial charge in [-0.1, -0.05) is 82.5 Å². The topological polar surface area (TPSA) is 74.8 Å². The summed E-state index contributed by atoms with van der Waals surface area (Å²) in [6.07, 6.45) is 9.73. The molecule has 8 heteroatoms. The highest BCUT2D eigenvalue weighted by molar-refractivity contribution is 9.11. The highest BCUT2D eigenvalue weighted by atomic mass is 79.9. The lowest BCUT2D eigenvalue weighted by Crippen LogP contribution is -2.48. The Bertz CT molecular complexity index is 2030. The van der Waals surface area contributed by atoms with E-state index < -0.39 is 0 Å². The first-order chi connectivity index (χ1) is 21.4. The lowest BCUT2D eigenvalue weighted by molar-refractivity contribution is 0.0487. The molecular weight excluding hydrogens is 684 g/mol. The monoisotopic (exact) mass is 710 g/mol. The number of hydrogen-bond acceptors (Lipinski definition) is 4. The Kier molecular flexibility index (Phi) is 5.87. The molecule has 2 saturated carbocycles. The van der Waals surface area contributed by atoms with Crippen molar-refractivity contribution in [3.63, 3.8) is 0 Å². The van der Waals surface area contributed by atoms with Crippen LogP contribution in [0.15, 0.2) is 45.3 Å². The molecule has 0 spiro atoms. The fourth-order valence-electron chi connectivity index (χ4n) is 8.75. The molecule has 2 aliphatic carbocycles. The van der Waals surface area contributed by atoms with Crippen LogP contribution >= 0.6 is 31.9 Å². The van der Waals surface area contributed by atoms with E-state index in [0.717, 1.165) is 105 Å². The van der Waals surface area contributed by atoms with Gasteiger partial charge in [-0.3, -0.25) is 29.0 Å². The zero-order chi connectivity index (χ0) is 30.0. The molecule has 44 heavy (non-hydrogen) atoms. The van der Waals surface area contributed by atoms with Crippen LogP contribution < -0.4 is 0 Å². The van der Waals surface area contributed by atoms with Crippen molar-refractivity contribution in [3.8, 4) is 0 Å². The molecule has 5 aromatic carbocycles. The number of imide groups is 2. The first-order valence-corrected chi connectivity index (χ1v) is 17.3. The molecule has 0 radical (unpaired) electrons. The van der Waals surface area contributed by atoms with Gasteiger partial charge in [0, 0.05) is 70.2 Å². The van der Waals surface area contributed by atoms with Crippen molar-refractivity contribution in [1.29, 1.82) is 0 Å². The maximum Gasteiger partial charge on any atom is 0.261 e. The van der Waals surface area contributed by atoms with Gasteiger partial charge in [-0.15, -0.1) is 0 Å². The molecule has 0 N–H and O–H groups in total. The smallest absolute Gasteiger partial charge is 0.261 e. The Morgan fingerprint density at radius 2 is 0.841 bits per heavy atom. The van der Waals surface area contributed by atoms with Crippen LogP contribution in [0.25, 0.3) is 43.1 Å². The molecule has 9 rings (SSSR count). The Balaban J connectivity index is 1.34. The Morgan fingerprint density at radius 3 is 1.27 bits per heavy atom. The van der Waals surface area contributed by atoms with E-state index in [1.54, 1.807) is 0 Å². The lowest BCUT2D eigenvalue weighted by atomic mass is 9.81. The number of rotatable bonds is 2. The molecule has 0 unspecified atom stereocenters. The normalized spacial score (nSPS) is 20.0. The molecule has 0 saturated heterocycles. The summed E-state index contributed by atoms with van der Waals surface area (Å²) < 4.78 is 1.50.